The van der Waals surface area contributed by atoms with Crippen LogP contribution < -0.4 is 14.8 Å². The summed E-state index contributed by atoms with van der Waals surface area (Å²) in [7, 11) is 1.85. The van der Waals surface area contributed by atoms with Crippen LogP contribution in [0.1, 0.15) is 23.6 Å². The first-order chi connectivity index (χ1) is 11.7. The van der Waals surface area contributed by atoms with E-state index >= 15 is 0 Å². The average molecular weight is 324 g/mol. The van der Waals surface area contributed by atoms with Gasteiger partial charge in [-0.25, -0.2) is 4.79 Å². The first kappa shape index (κ1) is 14.9. The zero-order valence-electron chi connectivity index (χ0n) is 13.6. The highest BCUT2D eigenvalue weighted by Gasteiger charge is 2.28. The molecule has 1 atom stereocenters. The molecule has 1 aliphatic heterocycles. The molecule has 1 N–H and O–H groups in total. The first-order valence-corrected chi connectivity index (χ1v) is 8.23. The van der Waals surface area contributed by atoms with E-state index in [4.69, 9.17) is 9.47 Å². The van der Waals surface area contributed by atoms with Gasteiger partial charge in [0.2, 0.25) is 0 Å². The van der Waals surface area contributed by atoms with Gasteiger partial charge in [-0.3, -0.25) is 0 Å². The van der Waals surface area contributed by atoms with E-state index in [-0.39, 0.29) is 12.1 Å². The number of carbonyl (C=O) groups is 1. The van der Waals surface area contributed by atoms with Crippen molar-refractivity contribution in [3.05, 3.63) is 53.6 Å². The summed E-state index contributed by atoms with van der Waals surface area (Å²) in [4.78, 5) is 14.4. The molecule has 124 valence electrons. The number of ether oxygens (including phenoxy) is 2. The molecule has 0 fully saturated rings. The van der Waals surface area contributed by atoms with Crippen molar-refractivity contribution in [1.29, 1.82) is 0 Å². The monoisotopic (exact) mass is 324 g/mol. The number of rotatable bonds is 2. The summed E-state index contributed by atoms with van der Waals surface area (Å²) in [6.45, 7) is 1.09. The zero-order chi connectivity index (χ0) is 16.5. The molecule has 5 heteroatoms. The summed E-state index contributed by atoms with van der Waals surface area (Å²) in [6, 6.07) is 13.8. The highest BCUT2D eigenvalue weighted by atomic mass is 16.6. The van der Waals surface area contributed by atoms with Crippen LogP contribution in [0.4, 0.5) is 10.5 Å². The van der Waals surface area contributed by atoms with Crippen LogP contribution in [0, 0.1) is 0 Å². The third kappa shape index (κ3) is 2.66. The van der Waals surface area contributed by atoms with E-state index in [0.717, 1.165) is 18.6 Å². The van der Waals surface area contributed by atoms with Gasteiger partial charge in [0.1, 0.15) is 13.2 Å². The number of nitrogens with one attached hydrogen (secondary N) is 1. The number of aryl methyl sites for hydroxylation is 1. The number of nitrogens with zero attached hydrogens (tertiary/aromatic N) is 1. The van der Waals surface area contributed by atoms with Gasteiger partial charge in [0, 0.05) is 18.8 Å². The summed E-state index contributed by atoms with van der Waals surface area (Å²) >= 11 is 0. The summed E-state index contributed by atoms with van der Waals surface area (Å²) in [5.41, 5.74) is 3.29. The van der Waals surface area contributed by atoms with Crippen LogP contribution >= 0.6 is 0 Å². The molecule has 24 heavy (non-hydrogen) atoms. The molecule has 0 saturated carbocycles. The van der Waals surface area contributed by atoms with E-state index in [1.54, 1.807) is 4.90 Å². The van der Waals surface area contributed by atoms with Crippen LogP contribution in [0.5, 0.6) is 11.5 Å². The molecule has 1 heterocycles. The Hall–Kier alpha value is -2.69. The first-order valence-electron chi connectivity index (χ1n) is 8.23. The van der Waals surface area contributed by atoms with Gasteiger partial charge >= 0.3 is 6.03 Å². The molecule has 0 bridgehead atoms. The Kier molecular flexibility index (Phi) is 3.76. The second kappa shape index (κ2) is 6.07. The lowest BCUT2D eigenvalue weighted by Crippen LogP contribution is -2.34. The molecular formula is C19H20N2O3. The number of amides is 2. The maximum atomic E-state index is 12.6. The van der Waals surface area contributed by atoms with E-state index < -0.39 is 0 Å². The Morgan fingerprint density at radius 3 is 2.79 bits per heavy atom. The van der Waals surface area contributed by atoms with Gasteiger partial charge in [0.25, 0.3) is 0 Å². The van der Waals surface area contributed by atoms with Gasteiger partial charge in [0.05, 0.1) is 6.04 Å². The molecule has 2 aromatic rings. The fourth-order valence-corrected chi connectivity index (χ4v) is 3.41. The van der Waals surface area contributed by atoms with Crippen molar-refractivity contribution in [1.82, 2.24) is 4.90 Å². The minimum absolute atomic E-state index is 0.117. The highest BCUT2D eigenvalue weighted by molar-refractivity contribution is 5.90. The predicted molar refractivity (Wildman–Crippen MR) is 91.7 cm³/mol. The van der Waals surface area contributed by atoms with Crippen molar-refractivity contribution < 1.29 is 14.3 Å². The Morgan fingerprint density at radius 2 is 1.92 bits per heavy atom. The number of benzene rings is 2. The molecule has 2 aromatic carbocycles. The maximum Gasteiger partial charge on any atom is 0.322 e. The summed E-state index contributed by atoms with van der Waals surface area (Å²) < 4.78 is 11.1. The summed E-state index contributed by atoms with van der Waals surface area (Å²) in [6.07, 6.45) is 1.98. The second-order valence-electron chi connectivity index (χ2n) is 6.15. The molecule has 4 rings (SSSR count). The largest absolute Gasteiger partial charge is 0.486 e. The molecule has 0 spiro atoms. The van der Waals surface area contributed by atoms with Gasteiger partial charge in [-0.05, 0) is 36.1 Å². The Bertz CT molecular complexity index is 775. The van der Waals surface area contributed by atoms with E-state index in [1.807, 2.05) is 31.3 Å². The van der Waals surface area contributed by atoms with Gasteiger partial charge in [-0.1, -0.05) is 24.3 Å². The highest BCUT2D eigenvalue weighted by Crippen LogP contribution is 2.36. The molecule has 5 nitrogen and oxygen atoms in total. The molecule has 2 amide bonds. The third-order valence-corrected chi connectivity index (χ3v) is 4.68. The molecule has 1 aliphatic carbocycles. The number of anilines is 1. The van der Waals surface area contributed by atoms with Crippen molar-refractivity contribution in [2.75, 3.05) is 25.6 Å². The number of hydrogen-bond donors (Lipinski definition) is 1. The normalized spacial score (nSPS) is 18.0. The van der Waals surface area contributed by atoms with E-state index in [9.17, 15) is 4.79 Å². The smallest absolute Gasteiger partial charge is 0.322 e. The Morgan fingerprint density at radius 1 is 1.12 bits per heavy atom. The topological polar surface area (TPSA) is 50.8 Å². The van der Waals surface area contributed by atoms with Crippen LogP contribution in [-0.4, -0.2) is 31.2 Å². The van der Waals surface area contributed by atoms with Crippen LogP contribution in [-0.2, 0) is 6.42 Å². The molecule has 1 unspecified atom stereocenters. The van der Waals surface area contributed by atoms with Crippen LogP contribution in [0.25, 0.3) is 0 Å². The Labute approximate surface area is 141 Å². The van der Waals surface area contributed by atoms with E-state index in [2.05, 4.69) is 23.5 Å². The lowest BCUT2D eigenvalue weighted by atomic mass is 10.1. The minimum atomic E-state index is -0.117. The van der Waals surface area contributed by atoms with Crippen molar-refractivity contribution in [2.45, 2.75) is 18.9 Å². The molecule has 0 aromatic heterocycles. The standard InChI is InChI=1S/C19H20N2O3/c1-21(16-8-6-13-4-2-3-5-15(13)16)19(22)20-14-7-9-17-18(12-14)24-11-10-23-17/h2-5,7,9,12,16H,6,8,10-11H2,1H3,(H,20,22). The van der Waals surface area contributed by atoms with E-state index in [0.29, 0.717) is 24.7 Å². The van der Waals surface area contributed by atoms with Crippen LogP contribution in [0.3, 0.4) is 0 Å². The van der Waals surface area contributed by atoms with Crippen molar-refractivity contribution in [3.8, 4) is 11.5 Å². The summed E-state index contributed by atoms with van der Waals surface area (Å²) in [5, 5.41) is 2.95. The number of urea groups is 1. The van der Waals surface area contributed by atoms with Crippen molar-refractivity contribution >= 4 is 11.7 Å². The van der Waals surface area contributed by atoms with Crippen molar-refractivity contribution in [2.24, 2.45) is 0 Å². The predicted octanol–water partition coefficient (Wildman–Crippen LogP) is 3.61. The number of fused-ring (bicyclic) bond motifs is 2. The van der Waals surface area contributed by atoms with Gasteiger partial charge in [-0.2, -0.15) is 0 Å². The Balaban J connectivity index is 1.48. The van der Waals surface area contributed by atoms with Crippen LogP contribution in [0.2, 0.25) is 0 Å². The quantitative estimate of drug-likeness (QED) is 0.918. The van der Waals surface area contributed by atoms with Gasteiger partial charge < -0.3 is 19.7 Å². The van der Waals surface area contributed by atoms with Gasteiger partial charge in [-0.15, -0.1) is 0 Å². The van der Waals surface area contributed by atoms with Crippen LogP contribution in [0.15, 0.2) is 42.5 Å². The minimum Gasteiger partial charge on any atom is -0.486 e. The summed E-state index contributed by atoms with van der Waals surface area (Å²) in [5.74, 6) is 1.39. The lowest BCUT2D eigenvalue weighted by molar-refractivity contribution is 0.171. The number of hydrogen-bond acceptors (Lipinski definition) is 3. The zero-order valence-corrected chi connectivity index (χ0v) is 13.6. The molecule has 2 aliphatic rings. The second-order valence-corrected chi connectivity index (χ2v) is 6.15. The number of carbonyl (C=O) groups excluding carboxylic acids is 1. The van der Waals surface area contributed by atoms with E-state index in [1.165, 1.54) is 11.1 Å². The maximum absolute atomic E-state index is 12.6. The lowest BCUT2D eigenvalue weighted by Gasteiger charge is -2.26. The molecule has 0 saturated heterocycles. The molecule has 0 radical (unpaired) electrons. The third-order valence-electron chi connectivity index (χ3n) is 4.68. The SMILES string of the molecule is CN(C(=O)Nc1ccc2c(c1)OCCO2)C1CCc2ccccc21. The van der Waals surface area contributed by atoms with Gasteiger partial charge in [0.15, 0.2) is 11.5 Å². The molecular weight excluding hydrogens is 304 g/mol. The average Bonchev–Trinajstić information content (AvgIpc) is 3.05. The fraction of sp³-hybridized carbons (Fsp3) is 0.316. The van der Waals surface area contributed by atoms with Crippen molar-refractivity contribution in [3.63, 3.8) is 0 Å². The fourth-order valence-electron chi connectivity index (χ4n) is 3.41.